The minimum Gasteiger partial charge on any atom is -0.772 e. The Morgan fingerprint density at radius 3 is 2.66 bits per heavy atom. The van der Waals surface area contributed by atoms with Crippen LogP contribution in [0.25, 0.3) is 11.3 Å². The molecule has 0 radical (unpaired) electrons. The van der Waals surface area contributed by atoms with E-state index in [1.807, 2.05) is 55.5 Å². The number of anilines is 2. The molecule has 0 saturated heterocycles. The van der Waals surface area contributed by atoms with Gasteiger partial charge >= 0.3 is 0 Å². The highest BCUT2D eigenvalue weighted by Gasteiger charge is 2.12. The average molecular weight is 430 g/mol. The van der Waals surface area contributed by atoms with Crippen molar-refractivity contribution in [2.45, 2.75) is 25.0 Å². The topological polar surface area (TPSA) is 104 Å². The van der Waals surface area contributed by atoms with Crippen LogP contribution < -0.4 is 11.1 Å². The molecule has 152 valence electrons. The van der Waals surface area contributed by atoms with Gasteiger partial charge in [0.05, 0.1) is 5.69 Å². The summed E-state index contributed by atoms with van der Waals surface area (Å²) in [4.78, 5) is 8.51. The molecule has 0 aliphatic carbocycles. The van der Waals surface area contributed by atoms with Crippen LogP contribution in [-0.4, -0.2) is 30.5 Å². The van der Waals surface area contributed by atoms with Gasteiger partial charge in [-0.25, -0.2) is 4.98 Å². The fourth-order valence-corrected chi connectivity index (χ4v) is 3.90. The Balaban J connectivity index is 1.69. The molecule has 3 aromatic rings. The van der Waals surface area contributed by atoms with Crippen molar-refractivity contribution < 1.29 is 8.76 Å². The van der Waals surface area contributed by atoms with Crippen LogP contribution in [0.15, 0.2) is 54.6 Å². The average Bonchev–Trinajstić information content (AvgIpc) is 2.69. The van der Waals surface area contributed by atoms with Gasteiger partial charge in [-0.05, 0) is 37.0 Å². The van der Waals surface area contributed by atoms with E-state index >= 15 is 0 Å². The van der Waals surface area contributed by atoms with Gasteiger partial charge in [0.2, 0.25) is 5.95 Å². The zero-order valence-corrected chi connectivity index (χ0v) is 17.5. The molecule has 1 aromatic heterocycles. The van der Waals surface area contributed by atoms with E-state index in [-0.39, 0.29) is 5.95 Å². The van der Waals surface area contributed by atoms with Crippen molar-refractivity contribution in [2.24, 2.45) is 0 Å². The normalized spacial score (nSPS) is 13.1. The lowest BCUT2D eigenvalue weighted by Crippen LogP contribution is -2.22. The number of aromatic nitrogens is 2. The van der Waals surface area contributed by atoms with Crippen LogP contribution in [0.3, 0.4) is 0 Å². The summed E-state index contributed by atoms with van der Waals surface area (Å²) in [5, 5.41) is 3.33. The second kappa shape index (κ2) is 9.82. The summed E-state index contributed by atoms with van der Waals surface area (Å²) in [5.41, 5.74) is 9.30. The molecule has 0 aliphatic rings. The number of hydrogen-bond acceptors (Lipinski definition) is 6. The maximum Gasteiger partial charge on any atom is 0.222 e. The van der Waals surface area contributed by atoms with Gasteiger partial charge in [-0.3, -0.25) is 4.21 Å². The second-order valence-electron chi connectivity index (χ2n) is 6.70. The first-order valence-corrected chi connectivity index (χ1v) is 10.7. The molecule has 3 rings (SSSR count). The molecule has 3 N–H and O–H groups in total. The Morgan fingerprint density at radius 2 is 1.93 bits per heavy atom. The Labute approximate surface area is 177 Å². The van der Waals surface area contributed by atoms with Crippen LogP contribution in [-0.2, 0) is 17.5 Å². The molecule has 0 amide bonds. The Bertz CT molecular complexity index is 1000. The zero-order chi connectivity index (χ0) is 20.8. The minimum atomic E-state index is -2.17. The van der Waals surface area contributed by atoms with Crippen molar-refractivity contribution in [3.63, 3.8) is 0 Å². The van der Waals surface area contributed by atoms with Crippen LogP contribution in [0.1, 0.15) is 17.5 Å². The van der Waals surface area contributed by atoms with Gasteiger partial charge in [-0.1, -0.05) is 65.1 Å². The van der Waals surface area contributed by atoms with E-state index in [1.54, 1.807) is 6.07 Å². The molecule has 0 fully saturated rings. The van der Waals surface area contributed by atoms with Crippen molar-refractivity contribution in [1.29, 1.82) is 0 Å². The van der Waals surface area contributed by atoms with Crippen molar-refractivity contribution in [3.8, 4) is 11.3 Å². The Morgan fingerprint density at radius 1 is 1.17 bits per heavy atom. The van der Waals surface area contributed by atoms with Crippen molar-refractivity contribution in [1.82, 2.24) is 9.97 Å². The number of nitrogens with zero attached hydrogens (tertiary/aromatic N) is 2. The van der Waals surface area contributed by atoms with Crippen LogP contribution >= 0.6 is 11.6 Å². The van der Waals surface area contributed by atoms with Crippen molar-refractivity contribution in [2.75, 3.05) is 17.6 Å². The predicted molar refractivity (Wildman–Crippen MR) is 118 cm³/mol. The molecule has 0 saturated carbocycles. The second-order valence-corrected chi connectivity index (χ2v) is 8.29. The van der Waals surface area contributed by atoms with Crippen LogP contribution in [0.4, 0.5) is 11.8 Å². The highest BCUT2D eigenvalue weighted by atomic mass is 35.5. The van der Waals surface area contributed by atoms with Gasteiger partial charge in [-0.2, -0.15) is 4.98 Å². The van der Waals surface area contributed by atoms with Crippen LogP contribution in [0.2, 0.25) is 5.02 Å². The van der Waals surface area contributed by atoms with Gasteiger partial charge in [0.1, 0.15) is 5.82 Å². The monoisotopic (exact) mass is 429 g/mol. The summed E-state index contributed by atoms with van der Waals surface area (Å²) >= 11 is 4.04. The third-order valence-electron chi connectivity index (χ3n) is 4.64. The Kier molecular flexibility index (Phi) is 7.19. The summed E-state index contributed by atoms with van der Waals surface area (Å²) < 4.78 is 23.2. The lowest BCUT2D eigenvalue weighted by Gasteiger charge is -2.20. The third-order valence-corrected chi connectivity index (χ3v) is 5.99. The predicted octanol–water partition coefficient (Wildman–Crippen LogP) is 3.98. The SMILES string of the molecule is Cc1c(Cl)cccc1-c1cc(NCCC(Cc2ccccc2)S(=O)[O-])nc(N)n1. The van der Waals surface area contributed by atoms with E-state index in [0.717, 1.165) is 16.7 Å². The lowest BCUT2D eigenvalue weighted by atomic mass is 10.1. The molecule has 6 nitrogen and oxygen atoms in total. The van der Waals surface area contributed by atoms with E-state index in [0.29, 0.717) is 35.9 Å². The zero-order valence-electron chi connectivity index (χ0n) is 16.0. The molecule has 2 aromatic carbocycles. The van der Waals surface area contributed by atoms with Gasteiger partial charge in [0.15, 0.2) is 0 Å². The minimum absolute atomic E-state index is 0.137. The molecule has 29 heavy (non-hydrogen) atoms. The van der Waals surface area contributed by atoms with Crippen molar-refractivity contribution in [3.05, 3.63) is 70.7 Å². The fraction of sp³-hybridized carbons (Fsp3) is 0.238. The molecule has 1 heterocycles. The summed E-state index contributed by atoms with van der Waals surface area (Å²) in [5.74, 6) is 0.680. The van der Waals surface area contributed by atoms with E-state index in [1.165, 1.54) is 0 Å². The van der Waals surface area contributed by atoms with E-state index < -0.39 is 16.3 Å². The van der Waals surface area contributed by atoms with E-state index in [4.69, 9.17) is 17.3 Å². The first kappa shape index (κ1) is 21.2. The highest BCUT2D eigenvalue weighted by molar-refractivity contribution is 7.79. The number of nitrogens with one attached hydrogen (secondary N) is 1. The van der Waals surface area contributed by atoms with Crippen LogP contribution in [0.5, 0.6) is 0 Å². The number of hydrogen-bond donors (Lipinski definition) is 2. The highest BCUT2D eigenvalue weighted by Crippen LogP contribution is 2.28. The first-order valence-electron chi connectivity index (χ1n) is 9.20. The number of nitrogens with two attached hydrogens (primary N) is 1. The van der Waals surface area contributed by atoms with Gasteiger partial charge in [-0.15, -0.1) is 0 Å². The molecular weight excluding hydrogens is 408 g/mol. The quantitative estimate of drug-likeness (QED) is 0.525. The fourth-order valence-electron chi connectivity index (χ4n) is 3.08. The maximum absolute atomic E-state index is 11.6. The molecule has 2 atom stereocenters. The van der Waals surface area contributed by atoms with E-state index in [9.17, 15) is 8.76 Å². The molecule has 0 bridgehead atoms. The third kappa shape index (κ3) is 5.76. The molecule has 8 heteroatoms. The standard InChI is InChI=1S/C21H23ClN4O2S/c1-14-17(8-5-9-18(14)22)19-13-20(26-21(23)25-19)24-11-10-16(29(27)28)12-15-6-3-2-4-7-15/h2-9,13,16H,10-12H2,1H3,(H,27,28)(H3,23,24,25,26)/p-1. The number of benzene rings is 2. The van der Waals surface area contributed by atoms with Gasteiger partial charge in [0.25, 0.3) is 0 Å². The maximum atomic E-state index is 11.6. The van der Waals surface area contributed by atoms with Gasteiger partial charge in [0, 0.05) is 28.4 Å². The van der Waals surface area contributed by atoms with Crippen LogP contribution in [0, 0.1) is 6.92 Å². The number of halogens is 1. The molecular formula is C21H22ClN4O2S-. The lowest BCUT2D eigenvalue weighted by molar-refractivity contribution is 0.516. The number of rotatable bonds is 8. The first-order chi connectivity index (χ1) is 13.9. The summed E-state index contributed by atoms with van der Waals surface area (Å²) in [6, 6.07) is 17.0. The van der Waals surface area contributed by atoms with E-state index in [2.05, 4.69) is 15.3 Å². The smallest absolute Gasteiger partial charge is 0.222 e. The Hall–Kier alpha value is -2.48. The summed E-state index contributed by atoms with van der Waals surface area (Å²) in [6.45, 7) is 2.36. The summed E-state index contributed by atoms with van der Waals surface area (Å²) in [7, 11) is 0. The molecule has 0 aliphatic heterocycles. The van der Waals surface area contributed by atoms with Crippen molar-refractivity contribution >= 4 is 34.4 Å². The number of nitrogen functional groups attached to an aromatic ring is 1. The summed E-state index contributed by atoms with van der Waals surface area (Å²) in [6.07, 6.45) is 0.915. The van der Waals surface area contributed by atoms with Gasteiger partial charge < -0.3 is 15.6 Å². The largest absolute Gasteiger partial charge is 0.772 e. The molecule has 2 unspecified atom stereocenters. The molecule has 0 spiro atoms.